The minimum absolute atomic E-state index is 0.0996. The number of aryl methyl sites for hydroxylation is 1. The zero-order chi connectivity index (χ0) is 9.68. The highest BCUT2D eigenvalue weighted by Crippen LogP contribution is 1.97. The molecule has 0 unspecified atom stereocenters. The highest BCUT2D eigenvalue weighted by Gasteiger charge is 1.95. The Hall–Kier alpha value is -1.65. The molecular weight excluding hydrogens is 168 g/mol. The van der Waals surface area contributed by atoms with Crippen LogP contribution in [0.4, 0.5) is 0 Å². The lowest BCUT2D eigenvalue weighted by Gasteiger charge is -1.93. The summed E-state index contributed by atoms with van der Waals surface area (Å²) in [4.78, 5) is 10.8. The molecule has 1 rings (SSSR count). The maximum absolute atomic E-state index is 10.8. The number of carbonyl (C=O) groups excluding carboxylic acids is 1. The lowest BCUT2D eigenvalue weighted by Crippen LogP contribution is -2.15. The quantitative estimate of drug-likeness (QED) is 0.527. The summed E-state index contributed by atoms with van der Waals surface area (Å²) in [5, 5.41) is 10.3. The molecule has 0 aromatic carbocycles. The minimum Gasteiger partial charge on any atom is -0.282 e. The SMILES string of the molecule is CCC(=O)N/N=C/c1cn[nH]c1C. The van der Waals surface area contributed by atoms with Gasteiger partial charge in [-0.1, -0.05) is 6.92 Å². The highest BCUT2D eigenvalue weighted by molar-refractivity contribution is 5.82. The van der Waals surface area contributed by atoms with Crippen LogP contribution in [0, 0.1) is 6.92 Å². The van der Waals surface area contributed by atoms with Crippen molar-refractivity contribution in [3.63, 3.8) is 0 Å². The van der Waals surface area contributed by atoms with Crippen molar-refractivity contribution in [2.75, 3.05) is 0 Å². The maximum Gasteiger partial charge on any atom is 0.239 e. The van der Waals surface area contributed by atoms with E-state index in [1.54, 1.807) is 19.3 Å². The summed E-state index contributed by atoms with van der Waals surface area (Å²) in [6.07, 6.45) is 3.64. The number of nitrogens with one attached hydrogen (secondary N) is 2. The number of aromatic amines is 1. The van der Waals surface area contributed by atoms with Gasteiger partial charge in [0.15, 0.2) is 0 Å². The van der Waals surface area contributed by atoms with Gasteiger partial charge < -0.3 is 0 Å². The predicted molar refractivity (Wildman–Crippen MR) is 49.4 cm³/mol. The number of aromatic nitrogens is 2. The fourth-order valence-electron chi connectivity index (χ4n) is 0.743. The molecule has 13 heavy (non-hydrogen) atoms. The van der Waals surface area contributed by atoms with Gasteiger partial charge in [-0.15, -0.1) is 0 Å². The standard InChI is InChI=1S/C8H12N4O/c1-3-8(13)12-10-5-7-4-9-11-6(7)2/h4-5H,3H2,1-2H3,(H,9,11)(H,12,13)/b10-5+. The van der Waals surface area contributed by atoms with Crippen molar-refractivity contribution < 1.29 is 4.79 Å². The fraction of sp³-hybridized carbons (Fsp3) is 0.375. The second-order valence-electron chi connectivity index (χ2n) is 2.60. The summed E-state index contributed by atoms with van der Waals surface area (Å²) in [5.74, 6) is -0.0996. The van der Waals surface area contributed by atoms with E-state index in [0.717, 1.165) is 11.3 Å². The largest absolute Gasteiger partial charge is 0.282 e. The van der Waals surface area contributed by atoms with Crippen molar-refractivity contribution in [1.29, 1.82) is 0 Å². The van der Waals surface area contributed by atoms with Gasteiger partial charge in [0.05, 0.1) is 12.4 Å². The first-order valence-corrected chi connectivity index (χ1v) is 4.06. The molecule has 5 nitrogen and oxygen atoms in total. The van der Waals surface area contributed by atoms with Crippen LogP contribution in [0.1, 0.15) is 24.6 Å². The molecule has 0 saturated carbocycles. The molecule has 1 amide bonds. The Kier molecular flexibility index (Phi) is 3.19. The average Bonchev–Trinajstić information content (AvgIpc) is 2.52. The van der Waals surface area contributed by atoms with E-state index in [1.807, 2.05) is 6.92 Å². The van der Waals surface area contributed by atoms with E-state index in [4.69, 9.17) is 0 Å². The molecule has 0 atom stereocenters. The zero-order valence-corrected chi connectivity index (χ0v) is 7.66. The van der Waals surface area contributed by atoms with Gasteiger partial charge in [-0.25, -0.2) is 5.43 Å². The van der Waals surface area contributed by atoms with E-state index in [0.29, 0.717) is 6.42 Å². The number of nitrogens with zero attached hydrogens (tertiary/aromatic N) is 2. The lowest BCUT2D eigenvalue weighted by molar-refractivity contribution is -0.120. The summed E-state index contributed by atoms with van der Waals surface area (Å²) in [7, 11) is 0. The first-order chi connectivity index (χ1) is 6.24. The normalized spacial score (nSPS) is 10.6. The molecule has 0 saturated heterocycles. The Morgan fingerprint density at radius 2 is 2.62 bits per heavy atom. The third-order valence-corrected chi connectivity index (χ3v) is 1.58. The number of hydrazone groups is 1. The average molecular weight is 180 g/mol. The van der Waals surface area contributed by atoms with Gasteiger partial charge in [-0.05, 0) is 6.92 Å². The van der Waals surface area contributed by atoms with Gasteiger partial charge in [0.25, 0.3) is 0 Å². The van der Waals surface area contributed by atoms with Crippen molar-refractivity contribution in [1.82, 2.24) is 15.6 Å². The molecule has 0 aliphatic heterocycles. The Morgan fingerprint density at radius 1 is 1.85 bits per heavy atom. The summed E-state index contributed by atoms with van der Waals surface area (Å²) in [6, 6.07) is 0. The van der Waals surface area contributed by atoms with Gasteiger partial charge in [-0.3, -0.25) is 9.89 Å². The Morgan fingerprint density at radius 3 is 3.15 bits per heavy atom. The molecule has 0 aliphatic carbocycles. The molecule has 2 N–H and O–H groups in total. The van der Waals surface area contributed by atoms with Gasteiger partial charge in [-0.2, -0.15) is 10.2 Å². The van der Waals surface area contributed by atoms with E-state index in [9.17, 15) is 4.79 Å². The van der Waals surface area contributed by atoms with Crippen LogP contribution in [-0.4, -0.2) is 22.3 Å². The van der Waals surface area contributed by atoms with E-state index in [-0.39, 0.29) is 5.91 Å². The van der Waals surface area contributed by atoms with E-state index in [2.05, 4.69) is 20.7 Å². The predicted octanol–water partition coefficient (Wildman–Crippen LogP) is 0.578. The molecule has 0 fully saturated rings. The molecule has 70 valence electrons. The number of rotatable bonds is 3. The van der Waals surface area contributed by atoms with Gasteiger partial charge in [0.1, 0.15) is 0 Å². The fourth-order valence-corrected chi connectivity index (χ4v) is 0.743. The van der Waals surface area contributed by atoms with Crippen LogP contribution >= 0.6 is 0 Å². The van der Waals surface area contributed by atoms with Crippen molar-refractivity contribution in [3.05, 3.63) is 17.5 Å². The zero-order valence-electron chi connectivity index (χ0n) is 7.66. The molecular formula is C8H12N4O. The van der Waals surface area contributed by atoms with Gasteiger partial charge in [0, 0.05) is 17.7 Å². The maximum atomic E-state index is 10.8. The molecule has 0 aliphatic rings. The Labute approximate surface area is 76.2 Å². The third kappa shape index (κ3) is 2.70. The monoisotopic (exact) mass is 180 g/mol. The summed E-state index contributed by atoms with van der Waals surface area (Å²) >= 11 is 0. The van der Waals surface area contributed by atoms with Gasteiger partial charge in [0.2, 0.25) is 5.91 Å². The number of carbonyl (C=O) groups is 1. The van der Waals surface area contributed by atoms with Crippen LogP contribution in [0.2, 0.25) is 0 Å². The topological polar surface area (TPSA) is 70.1 Å². The second kappa shape index (κ2) is 4.39. The summed E-state index contributed by atoms with van der Waals surface area (Å²) in [5.41, 5.74) is 4.18. The molecule has 1 aromatic heterocycles. The second-order valence-corrected chi connectivity index (χ2v) is 2.60. The van der Waals surface area contributed by atoms with Crippen molar-refractivity contribution in [2.45, 2.75) is 20.3 Å². The van der Waals surface area contributed by atoms with E-state index in [1.165, 1.54) is 0 Å². The van der Waals surface area contributed by atoms with Crippen LogP contribution in [-0.2, 0) is 4.79 Å². The molecule has 1 aromatic rings. The summed E-state index contributed by atoms with van der Waals surface area (Å²) < 4.78 is 0. The van der Waals surface area contributed by atoms with Crippen LogP contribution < -0.4 is 5.43 Å². The van der Waals surface area contributed by atoms with Gasteiger partial charge >= 0.3 is 0 Å². The van der Waals surface area contributed by atoms with Crippen LogP contribution in [0.5, 0.6) is 0 Å². The number of H-pyrrole nitrogens is 1. The van der Waals surface area contributed by atoms with Crippen molar-refractivity contribution in [3.8, 4) is 0 Å². The van der Waals surface area contributed by atoms with Crippen molar-refractivity contribution >= 4 is 12.1 Å². The summed E-state index contributed by atoms with van der Waals surface area (Å²) in [6.45, 7) is 3.66. The first kappa shape index (κ1) is 9.44. The van der Waals surface area contributed by atoms with Crippen molar-refractivity contribution in [2.24, 2.45) is 5.10 Å². The van der Waals surface area contributed by atoms with E-state index >= 15 is 0 Å². The number of hydrogen-bond acceptors (Lipinski definition) is 3. The Balaban J connectivity index is 2.50. The number of hydrogen-bond donors (Lipinski definition) is 2. The minimum atomic E-state index is -0.0996. The van der Waals surface area contributed by atoms with E-state index < -0.39 is 0 Å². The van der Waals surface area contributed by atoms with Crippen LogP contribution in [0.25, 0.3) is 0 Å². The number of amides is 1. The van der Waals surface area contributed by atoms with Crippen LogP contribution in [0.3, 0.4) is 0 Å². The molecule has 1 heterocycles. The third-order valence-electron chi connectivity index (χ3n) is 1.58. The lowest BCUT2D eigenvalue weighted by atomic mass is 10.3. The smallest absolute Gasteiger partial charge is 0.239 e. The molecule has 0 bridgehead atoms. The molecule has 0 radical (unpaired) electrons. The Bertz CT molecular complexity index is 316. The molecule has 0 spiro atoms. The first-order valence-electron chi connectivity index (χ1n) is 4.06. The highest BCUT2D eigenvalue weighted by atomic mass is 16.2. The molecule has 5 heteroatoms. The van der Waals surface area contributed by atoms with Crippen LogP contribution in [0.15, 0.2) is 11.3 Å².